The van der Waals surface area contributed by atoms with E-state index in [4.69, 9.17) is 4.74 Å². The van der Waals surface area contributed by atoms with Crippen molar-refractivity contribution in [3.05, 3.63) is 54.0 Å². The number of carbonyl (C=O) groups is 1. The summed E-state index contributed by atoms with van der Waals surface area (Å²) in [6.07, 6.45) is 4.68. The molecule has 0 spiro atoms. The van der Waals surface area contributed by atoms with Gasteiger partial charge in [0.2, 0.25) is 11.8 Å². The van der Waals surface area contributed by atoms with Crippen LogP contribution in [0.5, 0.6) is 11.6 Å². The van der Waals surface area contributed by atoms with Gasteiger partial charge in [-0.3, -0.25) is 9.69 Å². The summed E-state index contributed by atoms with van der Waals surface area (Å²) < 4.78 is 19.4. The predicted octanol–water partition coefficient (Wildman–Crippen LogP) is 3.50. The summed E-state index contributed by atoms with van der Waals surface area (Å²) in [6.45, 7) is 4.20. The van der Waals surface area contributed by atoms with Crippen LogP contribution >= 0.6 is 0 Å². The van der Waals surface area contributed by atoms with Gasteiger partial charge in [0.15, 0.2) is 11.6 Å². The molecular formula is C20H24FN3O2. The average molecular weight is 357 g/mol. The van der Waals surface area contributed by atoms with Gasteiger partial charge in [-0.15, -0.1) is 0 Å². The highest BCUT2D eigenvalue weighted by molar-refractivity contribution is 5.81. The highest BCUT2D eigenvalue weighted by Crippen LogP contribution is 2.25. The largest absolute Gasteiger partial charge is 0.436 e. The first-order chi connectivity index (χ1) is 12.7. The Balaban J connectivity index is 1.67. The Hall–Kier alpha value is -2.47. The number of nitrogens with one attached hydrogen (secondary N) is 1. The summed E-state index contributed by atoms with van der Waals surface area (Å²) in [7, 11) is 0. The maximum absolute atomic E-state index is 13.8. The third kappa shape index (κ3) is 4.38. The van der Waals surface area contributed by atoms with Crippen molar-refractivity contribution >= 4 is 5.91 Å². The van der Waals surface area contributed by atoms with Crippen LogP contribution in [0.3, 0.4) is 0 Å². The molecule has 0 bridgehead atoms. The van der Waals surface area contributed by atoms with E-state index in [1.54, 1.807) is 30.5 Å². The SMILES string of the molecule is CCN1CCCCC1C(=O)NCc1cccnc1Oc1ccccc1F. The molecule has 0 saturated carbocycles. The normalized spacial score (nSPS) is 17.7. The zero-order valence-electron chi connectivity index (χ0n) is 15.0. The lowest BCUT2D eigenvalue weighted by atomic mass is 10.0. The van der Waals surface area contributed by atoms with Crippen LogP contribution in [0.1, 0.15) is 31.7 Å². The van der Waals surface area contributed by atoms with Crippen LogP contribution < -0.4 is 10.1 Å². The van der Waals surface area contributed by atoms with Gasteiger partial charge in [0, 0.05) is 18.3 Å². The minimum absolute atomic E-state index is 0.0206. The number of halogens is 1. The molecule has 2 aromatic rings. The smallest absolute Gasteiger partial charge is 0.237 e. The topological polar surface area (TPSA) is 54.5 Å². The van der Waals surface area contributed by atoms with Crippen LogP contribution in [0, 0.1) is 5.82 Å². The Morgan fingerprint density at radius 1 is 1.31 bits per heavy atom. The minimum Gasteiger partial charge on any atom is -0.436 e. The quantitative estimate of drug-likeness (QED) is 0.860. The summed E-state index contributed by atoms with van der Waals surface area (Å²) in [5.74, 6) is -0.0155. The number of aromatic nitrogens is 1. The Bertz CT molecular complexity index is 753. The molecular weight excluding hydrogens is 333 g/mol. The Morgan fingerprint density at radius 2 is 2.15 bits per heavy atom. The second-order valence-electron chi connectivity index (χ2n) is 6.36. The lowest BCUT2D eigenvalue weighted by Gasteiger charge is -2.33. The number of likely N-dealkylation sites (N-methyl/N-ethyl adjacent to an activating group) is 1. The first kappa shape index (κ1) is 18.3. The molecule has 3 rings (SSSR count). The molecule has 1 aliphatic heterocycles. The van der Waals surface area contributed by atoms with Gasteiger partial charge < -0.3 is 10.1 Å². The molecule has 1 amide bonds. The van der Waals surface area contributed by atoms with Crippen LogP contribution in [0.4, 0.5) is 4.39 Å². The van der Waals surface area contributed by atoms with Crippen LogP contribution in [-0.2, 0) is 11.3 Å². The number of ether oxygens (including phenoxy) is 1. The van der Waals surface area contributed by atoms with Crippen LogP contribution in [0.2, 0.25) is 0 Å². The van der Waals surface area contributed by atoms with Gasteiger partial charge in [-0.1, -0.05) is 31.5 Å². The van der Waals surface area contributed by atoms with E-state index >= 15 is 0 Å². The number of hydrogen-bond donors (Lipinski definition) is 1. The Labute approximate surface area is 153 Å². The van der Waals surface area contributed by atoms with Crippen LogP contribution in [0.15, 0.2) is 42.6 Å². The monoisotopic (exact) mass is 357 g/mol. The lowest BCUT2D eigenvalue weighted by Crippen LogP contribution is -2.49. The number of carbonyl (C=O) groups excluding carboxylic acids is 1. The summed E-state index contributed by atoms with van der Waals surface area (Å²) in [6, 6.07) is 9.70. The van der Waals surface area contributed by atoms with E-state index in [0.29, 0.717) is 18.0 Å². The van der Waals surface area contributed by atoms with Crippen molar-refractivity contribution in [2.24, 2.45) is 0 Å². The van der Waals surface area contributed by atoms with Gasteiger partial charge in [0.25, 0.3) is 0 Å². The summed E-state index contributed by atoms with van der Waals surface area (Å²) in [5, 5.41) is 2.98. The molecule has 1 saturated heterocycles. The van der Waals surface area contributed by atoms with Crippen molar-refractivity contribution in [1.82, 2.24) is 15.2 Å². The number of hydrogen-bond acceptors (Lipinski definition) is 4. The first-order valence-electron chi connectivity index (χ1n) is 9.07. The molecule has 1 aromatic carbocycles. The van der Waals surface area contributed by atoms with Gasteiger partial charge in [-0.25, -0.2) is 9.37 Å². The number of pyridine rings is 1. The number of nitrogens with zero attached hydrogens (tertiary/aromatic N) is 2. The highest BCUT2D eigenvalue weighted by atomic mass is 19.1. The zero-order valence-corrected chi connectivity index (χ0v) is 15.0. The number of benzene rings is 1. The van der Waals surface area contributed by atoms with E-state index in [0.717, 1.165) is 32.4 Å². The van der Waals surface area contributed by atoms with Gasteiger partial charge in [-0.05, 0) is 44.1 Å². The fraction of sp³-hybridized carbons (Fsp3) is 0.400. The molecule has 26 heavy (non-hydrogen) atoms. The van der Waals surface area contributed by atoms with Crippen molar-refractivity contribution in [3.63, 3.8) is 0 Å². The number of amides is 1. The molecule has 1 atom stereocenters. The summed E-state index contributed by atoms with van der Waals surface area (Å²) in [5.41, 5.74) is 0.711. The highest BCUT2D eigenvalue weighted by Gasteiger charge is 2.27. The fourth-order valence-corrected chi connectivity index (χ4v) is 3.25. The Kier molecular flexibility index (Phi) is 6.17. The molecule has 0 radical (unpaired) electrons. The van der Waals surface area contributed by atoms with Crippen molar-refractivity contribution in [2.45, 2.75) is 38.8 Å². The molecule has 1 N–H and O–H groups in total. The molecule has 6 heteroatoms. The number of piperidine rings is 1. The second kappa shape index (κ2) is 8.76. The van der Waals surface area contributed by atoms with Crippen LogP contribution in [0.25, 0.3) is 0 Å². The predicted molar refractivity (Wildman–Crippen MR) is 97.4 cm³/mol. The van der Waals surface area contributed by atoms with E-state index in [9.17, 15) is 9.18 Å². The third-order valence-electron chi connectivity index (χ3n) is 4.67. The fourth-order valence-electron chi connectivity index (χ4n) is 3.25. The van der Waals surface area contributed by atoms with Crippen LogP contribution in [-0.4, -0.2) is 34.9 Å². The molecule has 1 fully saturated rings. The van der Waals surface area contributed by atoms with Gasteiger partial charge in [0.05, 0.1) is 6.04 Å². The van der Waals surface area contributed by atoms with Crippen molar-refractivity contribution < 1.29 is 13.9 Å². The molecule has 1 aliphatic rings. The third-order valence-corrected chi connectivity index (χ3v) is 4.67. The van der Waals surface area contributed by atoms with E-state index in [1.807, 2.05) is 6.07 Å². The Morgan fingerprint density at radius 3 is 2.96 bits per heavy atom. The molecule has 1 aromatic heterocycles. The van der Waals surface area contributed by atoms with E-state index in [-0.39, 0.29) is 17.7 Å². The van der Waals surface area contributed by atoms with E-state index in [1.165, 1.54) is 6.07 Å². The standard InChI is InChI=1S/C20H24FN3O2/c1-2-24-13-6-5-10-17(24)19(25)23-14-15-8-7-12-22-20(15)26-18-11-4-3-9-16(18)21/h3-4,7-9,11-12,17H,2,5-6,10,13-14H2,1H3,(H,23,25). The summed E-state index contributed by atoms with van der Waals surface area (Å²) >= 11 is 0. The van der Waals surface area contributed by atoms with E-state index < -0.39 is 5.82 Å². The van der Waals surface area contributed by atoms with Crippen molar-refractivity contribution in [1.29, 1.82) is 0 Å². The average Bonchev–Trinajstić information content (AvgIpc) is 2.68. The van der Waals surface area contributed by atoms with Crippen molar-refractivity contribution in [3.8, 4) is 11.6 Å². The second-order valence-corrected chi connectivity index (χ2v) is 6.36. The molecule has 138 valence electrons. The zero-order chi connectivity index (χ0) is 18.4. The number of likely N-dealkylation sites (tertiary alicyclic amines) is 1. The maximum atomic E-state index is 13.8. The summed E-state index contributed by atoms with van der Waals surface area (Å²) in [4.78, 5) is 19.0. The minimum atomic E-state index is -0.450. The van der Waals surface area contributed by atoms with E-state index in [2.05, 4.69) is 22.1 Å². The number of para-hydroxylation sites is 1. The lowest BCUT2D eigenvalue weighted by molar-refractivity contribution is -0.127. The van der Waals surface area contributed by atoms with Gasteiger partial charge in [0.1, 0.15) is 0 Å². The van der Waals surface area contributed by atoms with Gasteiger partial charge >= 0.3 is 0 Å². The maximum Gasteiger partial charge on any atom is 0.237 e. The molecule has 1 unspecified atom stereocenters. The van der Waals surface area contributed by atoms with Gasteiger partial charge in [-0.2, -0.15) is 0 Å². The molecule has 0 aliphatic carbocycles. The molecule has 2 heterocycles. The van der Waals surface area contributed by atoms with Crippen molar-refractivity contribution in [2.75, 3.05) is 13.1 Å². The number of rotatable bonds is 6. The molecule has 5 nitrogen and oxygen atoms in total. The first-order valence-corrected chi connectivity index (χ1v) is 9.07.